The van der Waals surface area contributed by atoms with Crippen molar-refractivity contribution in [2.45, 2.75) is 43.5 Å². The maximum absolute atomic E-state index is 12.3. The number of rotatable bonds is 7. The van der Waals surface area contributed by atoms with Crippen LogP contribution in [-0.2, 0) is 11.3 Å². The highest BCUT2D eigenvalue weighted by Crippen LogP contribution is 2.29. The Labute approximate surface area is 140 Å². The van der Waals surface area contributed by atoms with E-state index in [1.807, 2.05) is 30.3 Å². The number of hydrogen-bond donors (Lipinski definition) is 1. The second kappa shape index (κ2) is 8.15. The van der Waals surface area contributed by atoms with Crippen LogP contribution in [0.15, 0.2) is 42.7 Å². The number of thioether (sulfide) groups is 1. The Hall–Kier alpha value is -1.82. The number of hydrogen-bond acceptors (Lipinski definition) is 4. The highest BCUT2D eigenvalue weighted by molar-refractivity contribution is 8.00. The zero-order chi connectivity index (χ0) is 15.9. The van der Waals surface area contributed by atoms with Gasteiger partial charge in [-0.05, 0) is 18.4 Å². The lowest BCUT2D eigenvalue weighted by Crippen LogP contribution is -2.33. The van der Waals surface area contributed by atoms with Crippen LogP contribution in [0.25, 0.3) is 0 Å². The maximum Gasteiger partial charge on any atom is 0.230 e. The van der Waals surface area contributed by atoms with Crippen molar-refractivity contribution in [3.8, 4) is 0 Å². The minimum Gasteiger partial charge on any atom is -0.347 e. The smallest absolute Gasteiger partial charge is 0.230 e. The van der Waals surface area contributed by atoms with Crippen LogP contribution in [0.2, 0.25) is 0 Å². The third kappa shape index (κ3) is 4.82. The third-order valence-corrected chi connectivity index (χ3v) is 5.47. The highest BCUT2D eigenvalue weighted by Gasteiger charge is 2.19. The molecule has 0 bridgehead atoms. The number of aromatic nitrogens is 3. The van der Waals surface area contributed by atoms with Gasteiger partial charge in [-0.15, -0.1) is 11.8 Å². The summed E-state index contributed by atoms with van der Waals surface area (Å²) in [5.74, 6) is 0.614. The van der Waals surface area contributed by atoms with Gasteiger partial charge in [0.2, 0.25) is 5.91 Å². The van der Waals surface area contributed by atoms with E-state index in [0.717, 1.165) is 5.56 Å². The molecule has 0 aliphatic heterocycles. The third-order valence-electron chi connectivity index (χ3n) is 4.10. The average molecular weight is 330 g/mol. The summed E-state index contributed by atoms with van der Waals surface area (Å²) in [5, 5.41) is 12.1. The Balaban J connectivity index is 1.59. The van der Waals surface area contributed by atoms with Crippen LogP contribution in [0.1, 0.15) is 37.3 Å². The molecule has 1 aliphatic rings. The molecule has 1 aliphatic carbocycles. The largest absolute Gasteiger partial charge is 0.347 e. The molecule has 1 heterocycles. The van der Waals surface area contributed by atoms with Crippen LogP contribution in [0.3, 0.4) is 0 Å². The van der Waals surface area contributed by atoms with E-state index in [2.05, 4.69) is 15.5 Å². The SMILES string of the molecule is O=C(CSC1CCCC1)N[C@H](Cn1nccn1)c1ccccc1. The summed E-state index contributed by atoms with van der Waals surface area (Å²) >= 11 is 1.79. The number of carbonyl (C=O) groups excluding carboxylic acids is 1. The topological polar surface area (TPSA) is 59.8 Å². The van der Waals surface area contributed by atoms with Gasteiger partial charge in [0, 0.05) is 5.25 Å². The summed E-state index contributed by atoms with van der Waals surface area (Å²) in [6.07, 6.45) is 8.40. The molecule has 0 unspecified atom stereocenters. The van der Waals surface area contributed by atoms with Gasteiger partial charge < -0.3 is 5.32 Å². The molecule has 5 nitrogen and oxygen atoms in total. The maximum atomic E-state index is 12.3. The van der Waals surface area contributed by atoms with E-state index < -0.39 is 0 Å². The Bertz CT molecular complexity index is 596. The molecule has 1 fully saturated rings. The molecular formula is C17H22N4OS. The second-order valence-electron chi connectivity index (χ2n) is 5.83. The summed E-state index contributed by atoms with van der Waals surface area (Å²) in [6, 6.07) is 9.89. The zero-order valence-electron chi connectivity index (χ0n) is 13.1. The second-order valence-corrected chi connectivity index (χ2v) is 7.12. The number of nitrogens with one attached hydrogen (secondary N) is 1. The molecule has 2 aromatic rings. The van der Waals surface area contributed by atoms with Crippen LogP contribution >= 0.6 is 11.8 Å². The van der Waals surface area contributed by atoms with E-state index in [1.54, 1.807) is 29.0 Å². The van der Waals surface area contributed by atoms with E-state index in [1.165, 1.54) is 25.7 Å². The molecule has 1 N–H and O–H groups in total. The molecule has 1 amide bonds. The van der Waals surface area contributed by atoms with Crippen molar-refractivity contribution in [3.05, 3.63) is 48.3 Å². The Morgan fingerprint density at radius 2 is 1.91 bits per heavy atom. The molecule has 1 aromatic heterocycles. The molecule has 1 saturated carbocycles. The summed E-state index contributed by atoms with van der Waals surface area (Å²) in [6.45, 7) is 0.539. The van der Waals surface area contributed by atoms with Gasteiger partial charge in [0.05, 0.1) is 30.7 Å². The summed E-state index contributed by atoms with van der Waals surface area (Å²) in [5.41, 5.74) is 1.07. The molecule has 3 rings (SSSR count). The Kier molecular flexibility index (Phi) is 5.69. The predicted octanol–water partition coefficient (Wildman–Crippen LogP) is 2.81. The molecule has 1 atom stereocenters. The Morgan fingerprint density at radius 3 is 2.61 bits per heavy atom. The van der Waals surface area contributed by atoms with Gasteiger partial charge in [0.1, 0.15) is 0 Å². The van der Waals surface area contributed by atoms with Gasteiger partial charge in [-0.3, -0.25) is 4.79 Å². The van der Waals surface area contributed by atoms with Crippen LogP contribution in [0.5, 0.6) is 0 Å². The minimum atomic E-state index is -0.111. The lowest BCUT2D eigenvalue weighted by molar-refractivity contribution is -0.119. The van der Waals surface area contributed by atoms with E-state index >= 15 is 0 Å². The van der Waals surface area contributed by atoms with Gasteiger partial charge in [0.15, 0.2) is 0 Å². The standard InChI is InChI=1S/C17H22N4OS/c22-17(13-23-15-8-4-5-9-15)20-16(12-21-18-10-11-19-21)14-6-2-1-3-7-14/h1-3,6-7,10-11,15-16H,4-5,8-9,12-13H2,(H,20,22)/t16-/m1/s1. The summed E-state index contributed by atoms with van der Waals surface area (Å²) in [4.78, 5) is 13.9. The zero-order valence-corrected chi connectivity index (χ0v) is 13.9. The van der Waals surface area contributed by atoms with Crippen molar-refractivity contribution in [1.29, 1.82) is 0 Å². The minimum absolute atomic E-state index is 0.0860. The van der Waals surface area contributed by atoms with Crippen molar-refractivity contribution in [2.24, 2.45) is 0 Å². The van der Waals surface area contributed by atoms with Crippen molar-refractivity contribution in [3.63, 3.8) is 0 Å². The van der Waals surface area contributed by atoms with Crippen LogP contribution in [0.4, 0.5) is 0 Å². The van der Waals surface area contributed by atoms with Crippen molar-refractivity contribution in [1.82, 2.24) is 20.3 Å². The highest BCUT2D eigenvalue weighted by atomic mass is 32.2. The van der Waals surface area contributed by atoms with E-state index in [4.69, 9.17) is 0 Å². The monoisotopic (exact) mass is 330 g/mol. The fourth-order valence-corrected chi connectivity index (χ4v) is 4.04. The van der Waals surface area contributed by atoms with Gasteiger partial charge in [0.25, 0.3) is 0 Å². The number of nitrogens with zero attached hydrogens (tertiary/aromatic N) is 3. The lowest BCUT2D eigenvalue weighted by Gasteiger charge is -2.19. The Morgan fingerprint density at radius 1 is 1.22 bits per heavy atom. The molecule has 0 saturated heterocycles. The van der Waals surface area contributed by atoms with Gasteiger partial charge in [-0.25, -0.2) is 0 Å². The quantitative estimate of drug-likeness (QED) is 0.848. The first-order chi connectivity index (χ1) is 11.3. The van der Waals surface area contributed by atoms with E-state index in [0.29, 0.717) is 17.5 Å². The first-order valence-corrected chi connectivity index (χ1v) is 9.16. The molecule has 6 heteroatoms. The number of benzene rings is 1. The molecule has 0 radical (unpaired) electrons. The molecule has 1 aromatic carbocycles. The summed E-state index contributed by atoms with van der Waals surface area (Å²) < 4.78 is 0. The number of amides is 1. The summed E-state index contributed by atoms with van der Waals surface area (Å²) in [7, 11) is 0. The predicted molar refractivity (Wildman–Crippen MR) is 92.1 cm³/mol. The normalized spacial score (nSPS) is 16.3. The average Bonchev–Trinajstić information content (AvgIpc) is 3.27. The van der Waals surface area contributed by atoms with Crippen molar-refractivity contribution < 1.29 is 4.79 Å². The van der Waals surface area contributed by atoms with Crippen LogP contribution in [-0.4, -0.2) is 31.9 Å². The molecule has 0 spiro atoms. The fraction of sp³-hybridized carbons (Fsp3) is 0.471. The van der Waals surface area contributed by atoms with Gasteiger partial charge in [-0.1, -0.05) is 43.2 Å². The molecule has 23 heavy (non-hydrogen) atoms. The fourth-order valence-electron chi connectivity index (χ4n) is 2.91. The van der Waals surface area contributed by atoms with Gasteiger partial charge in [-0.2, -0.15) is 15.0 Å². The van der Waals surface area contributed by atoms with Crippen LogP contribution in [0, 0.1) is 0 Å². The number of carbonyl (C=O) groups is 1. The van der Waals surface area contributed by atoms with Crippen LogP contribution < -0.4 is 5.32 Å². The van der Waals surface area contributed by atoms with Crippen molar-refractivity contribution >= 4 is 17.7 Å². The first kappa shape index (κ1) is 16.1. The molecule has 122 valence electrons. The lowest BCUT2D eigenvalue weighted by atomic mass is 10.1. The van der Waals surface area contributed by atoms with Gasteiger partial charge >= 0.3 is 0 Å². The van der Waals surface area contributed by atoms with E-state index in [-0.39, 0.29) is 11.9 Å². The van der Waals surface area contributed by atoms with E-state index in [9.17, 15) is 4.79 Å². The first-order valence-electron chi connectivity index (χ1n) is 8.11. The molecular weight excluding hydrogens is 308 g/mol. The van der Waals surface area contributed by atoms with Crippen molar-refractivity contribution in [2.75, 3.05) is 5.75 Å².